The molecule has 0 atom stereocenters. The minimum Gasteiger partial charge on any atom is -0.744 e. The minimum atomic E-state index is -4.92. The van der Waals surface area contributed by atoms with Gasteiger partial charge in [0.25, 0.3) is 0 Å². The van der Waals surface area contributed by atoms with Crippen LogP contribution in [-0.2, 0) is 10.1 Å². The number of hydrogen-bond donors (Lipinski definition) is 0. The van der Waals surface area contributed by atoms with Crippen molar-refractivity contribution in [1.29, 1.82) is 0 Å². The normalized spacial score (nSPS) is 10.9. The van der Waals surface area contributed by atoms with Gasteiger partial charge >= 0.3 is 29.6 Å². The Morgan fingerprint density at radius 3 is 2.14 bits per heavy atom. The van der Waals surface area contributed by atoms with Crippen molar-refractivity contribution in [2.45, 2.75) is 4.90 Å². The first-order valence-corrected chi connectivity index (χ1v) is 5.13. The Kier molecular flexibility index (Phi) is 5.17. The third kappa shape index (κ3) is 3.25. The van der Waals surface area contributed by atoms with Crippen LogP contribution in [0.1, 0.15) is 0 Å². The monoisotopic (exact) mass is 294 g/mol. The van der Waals surface area contributed by atoms with Gasteiger partial charge in [-0.05, 0) is 22.0 Å². The van der Waals surface area contributed by atoms with Crippen LogP contribution in [0.25, 0.3) is 0 Å². The second-order valence-corrected chi connectivity index (χ2v) is 4.32. The van der Waals surface area contributed by atoms with E-state index in [2.05, 4.69) is 15.9 Å². The van der Waals surface area contributed by atoms with Crippen molar-refractivity contribution in [2.24, 2.45) is 0 Å². The molecular weight excluding hydrogens is 293 g/mol. The maximum atomic E-state index is 12.8. The van der Waals surface area contributed by atoms with Crippen LogP contribution < -0.4 is 29.6 Å². The van der Waals surface area contributed by atoms with Crippen LogP contribution in [0.3, 0.4) is 0 Å². The number of halogens is 3. The van der Waals surface area contributed by atoms with Crippen LogP contribution in [0, 0.1) is 11.6 Å². The summed E-state index contributed by atoms with van der Waals surface area (Å²) in [4.78, 5) is -1.08. The molecule has 8 heteroatoms. The molecule has 0 N–H and O–H groups in total. The number of benzene rings is 1. The van der Waals surface area contributed by atoms with E-state index in [0.717, 1.165) is 0 Å². The SMILES string of the molecule is O=S(=O)([O-])c1c(F)cc(F)cc1Br.[Na+]. The number of rotatable bonds is 1. The molecule has 0 fully saturated rings. The van der Waals surface area contributed by atoms with E-state index in [4.69, 9.17) is 0 Å². The molecule has 0 heterocycles. The molecule has 1 aromatic rings. The summed E-state index contributed by atoms with van der Waals surface area (Å²) in [6.07, 6.45) is 0. The molecule has 0 saturated heterocycles. The van der Waals surface area contributed by atoms with Crippen LogP contribution >= 0.6 is 15.9 Å². The summed E-state index contributed by atoms with van der Waals surface area (Å²) >= 11 is 2.57. The maximum absolute atomic E-state index is 12.8. The Balaban J connectivity index is 0.00000169. The molecule has 0 bridgehead atoms. The van der Waals surface area contributed by atoms with Crippen molar-refractivity contribution in [3.8, 4) is 0 Å². The molecule has 0 amide bonds. The van der Waals surface area contributed by atoms with Crippen LogP contribution in [0.5, 0.6) is 0 Å². The molecule has 0 aliphatic rings. The van der Waals surface area contributed by atoms with Crippen LogP contribution in [0.4, 0.5) is 8.78 Å². The van der Waals surface area contributed by atoms with Crippen molar-refractivity contribution >= 4 is 26.0 Å². The first-order chi connectivity index (χ1) is 5.82. The molecule has 1 rings (SSSR count). The largest absolute Gasteiger partial charge is 1.00 e. The second-order valence-electron chi connectivity index (χ2n) is 2.15. The van der Waals surface area contributed by atoms with Crippen molar-refractivity contribution < 1.29 is 51.3 Å². The number of hydrogen-bond acceptors (Lipinski definition) is 3. The third-order valence-electron chi connectivity index (χ3n) is 1.21. The van der Waals surface area contributed by atoms with Gasteiger partial charge in [-0.25, -0.2) is 17.2 Å². The summed E-state index contributed by atoms with van der Waals surface area (Å²) < 4.78 is 56.1. The smallest absolute Gasteiger partial charge is 0.744 e. The van der Waals surface area contributed by atoms with Gasteiger partial charge in [-0.15, -0.1) is 0 Å². The molecule has 0 aliphatic heterocycles. The van der Waals surface area contributed by atoms with Crippen molar-refractivity contribution in [1.82, 2.24) is 0 Å². The molecule has 0 unspecified atom stereocenters. The fraction of sp³-hybridized carbons (Fsp3) is 0. The van der Waals surface area contributed by atoms with E-state index >= 15 is 0 Å². The molecule has 0 saturated carbocycles. The summed E-state index contributed by atoms with van der Waals surface area (Å²) in [5, 5.41) is 0. The van der Waals surface area contributed by atoms with Gasteiger partial charge in [0.05, 0.1) is 0 Å². The van der Waals surface area contributed by atoms with Gasteiger partial charge in [0.15, 0.2) is 0 Å². The summed E-state index contributed by atoms with van der Waals surface area (Å²) in [6.45, 7) is 0. The molecule has 0 aliphatic carbocycles. The molecular formula is C6H2BrF2NaO3S. The Morgan fingerprint density at radius 1 is 1.29 bits per heavy atom. The quantitative estimate of drug-likeness (QED) is 0.475. The fourth-order valence-corrected chi connectivity index (χ4v) is 2.37. The Morgan fingerprint density at radius 2 is 1.79 bits per heavy atom. The average molecular weight is 295 g/mol. The zero-order valence-corrected chi connectivity index (χ0v) is 11.3. The van der Waals surface area contributed by atoms with Gasteiger partial charge in [0, 0.05) is 10.5 Å². The van der Waals surface area contributed by atoms with Crippen LogP contribution in [-0.4, -0.2) is 13.0 Å². The standard InChI is InChI=1S/C6H3BrF2O3S.Na/c7-4-1-3(8)2-5(9)6(4)13(10,11)12;/h1-2H,(H,10,11,12);/q;+1/p-1. The van der Waals surface area contributed by atoms with E-state index in [1.807, 2.05) is 0 Å². The Labute approximate surface area is 110 Å². The Bertz CT molecular complexity index is 425. The van der Waals surface area contributed by atoms with Crippen LogP contribution in [0.2, 0.25) is 0 Å². The van der Waals surface area contributed by atoms with Crippen molar-refractivity contribution in [3.63, 3.8) is 0 Å². The van der Waals surface area contributed by atoms with Gasteiger partial charge in [-0.3, -0.25) is 0 Å². The fourth-order valence-electron chi connectivity index (χ4n) is 0.768. The van der Waals surface area contributed by atoms with Crippen molar-refractivity contribution in [3.05, 3.63) is 28.2 Å². The van der Waals surface area contributed by atoms with Gasteiger partial charge in [-0.1, -0.05) is 0 Å². The molecule has 0 aromatic heterocycles. The van der Waals surface area contributed by atoms with E-state index in [1.54, 1.807) is 0 Å². The summed E-state index contributed by atoms with van der Waals surface area (Å²) in [5.74, 6) is -2.36. The van der Waals surface area contributed by atoms with Gasteiger partial charge in [0.1, 0.15) is 26.6 Å². The zero-order valence-electron chi connectivity index (χ0n) is 6.92. The topological polar surface area (TPSA) is 57.2 Å². The van der Waals surface area contributed by atoms with Gasteiger partial charge in [0.2, 0.25) is 0 Å². The Hall–Kier alpha value is 0.470. The maximum Gasteiger partial charge on any atom is 1.00 e. The predicted octanol–water partition coefficient (Wildman–Crippen LogP) is -1.36. The first-order valence-electron chi connectivity index (χ1n) is 2.93. The van der Waals surface area contributed by atoms with E-state index in [0.29, 0.717) is 12.1 Å². The molecule has 3 nitrogen and oxygen atoms in total. The predicted molar refractivity (Wildman–Crippen MR) is 42.0 cm³/mol. The first kappa shape index (κ1) is 14.5. The van der Waals surface area contributed by atoms with E-state index in [1.165, 1.54) is 0 Å². The zero-order chi connectivity index (χ0) is 10.2. The average Bonchev–Trinajstić information content (AvgIpc) is 1.78. The van der Waals surface area contributed by atoms with Gasteiger partial charge in [-0.2, -0.15) is 0 Å². The summed E-state index contributed by atoms with van der Waals surface area (Å²) in [6, 6.07) is 1.03. The summed E-state index contributed by atoms with van der Waals surface area (Å²) in [5.41, 5.74) is 0. The second kappa shape index (κ2) is 5.00. The molecule has 72 valence electrons. The minimum absolute atomic E-state index is 0. The van der Waals surface area contributed by atoms with E-state index in [9.17, 15) is 21.8 Å². The molecule has 0 radical (unpaired) electrons. The molecule has 14 heavy (non-hydrogen) atoms. The van der Waals surface area contributed by atoms with E-state index < -0.39 is 31.1 Å². The third-order valence-corrected chi connectivity index (χ3v) is 3.02. The summed E-state index contributed by atoms with van der Waals surface area (Å²) in [7, 11) is -4.92. The van der Waals surface area contributed by atoms with E-state index in [-0.39, 0.29) is 29.6 Å². The van der Waals surface area contributed by atoms with Crippen LogP contribution in [0.15, 0.2) is 21.5 Å². The van der Waals surface area contributed by atoms with Gasteiger partial charge < -0.3 is 4.55 Å². The van der Waals surface area contributed by atoms with Crippen molar-refractivity contribution in [2.75, 3.05) is 0 Å². The molecule has 1 aromatic carbocycles. The molecule has 0 spiro atoms.